The van der Waals surface area contributed by atoms with E-state index in [0.717, 1.165) is 16.8 Å². The van der Waals surface area contributed by atoms with Gasteiger partial charge in [-0.15, -0.1) is 10.2 Å². The van der Waals surface area contributed by atoms with Crippen LogP contribution in [0.5, 0.6) is 0 Å². The summed E-state index contributed by atoms with van der Waals surface area (Å²) in [5.41, 5.74) is 9.06. The van der Waals surface area contributed by atoms with E-state index in [1.165, 1.54) is 23.1 Å². The molecule has 7 nitrogen and oxygen atoms in total. The first-order chi connectivity index (χ1) is 13.8. The number of benzene rings is 2. The Hall–Kier alpha value is -2.62. The van der Waals surface area contributed by atoms with Crippen LogP contribution in [0.4, 0.5) is 16.5 Å². The number of aromatic nitrogens is 2. The summed E-state index contributed by atoms with van der Waals surface area (Å²) in [6.45, 7) is 3.96. The van der Waals surface area contributed by atoms with Gasteiger partial charge in [-0.05, 0) is 55.3 Å². The second-order valence-corrected chi connectivity index (χ2v) is 8.82. The number of amides is 2. The van der Waals surface area contributed by atoms with Crippen molar-refractivity contribution < 1.29 is 9.59 Å². The topological polar surface area (TPSA) is 110 Å². The first-order valence-corrected chi connectivity index (χ1v) is 10.7. The van der Waals surface area contributed by atoms with Crippen molar-refractivity contribution in [1.29, 1.82) is 0 Å². The summed E-state index contributed by atoms with van der Waals surface area (Å²) in [5, 5.41) is 15.4. The molecular formula is C19H18ClN5O2S2. The number of halogens is 1. The zero-order valence-corrected chi connectivity index (χ0v) is 18.0. The lowest BCUT2D eigenvalue weighted by molar-refractivity contribution is -0.113. The van der Waals surface area contributed by atoms with Crippen LogP contribution in [0.15, 0.2) is 40.7 Å². The van der Waals surface area contributed by atoms with Gasteiger partial charge in [0.25, 0.3) is 0 Å². The zero-order valence-electron chi connectivity index (χ0n) is 15.7. The maximum atomic E-state index is 12.1. The van der Waals surface area contributed by atoms with Crippen molar-refractivity contribution >= 4 is 63.0 Å². The standard InChI is InChI=1S/C19H18ClN5O2S2/c1-10-7-11(2)16(14(20)8-10)23-18-24-25-19(29-18)28-9-15(26)22-13-5-3-12(4-6-13)17(21)27/h3-8H,9H2,1-2H3,(H2,21,27)(H,22,26)(H,23,24). The number of carbonyl (C=O) groups is 2. The van der Waals surface area contributed by atoms with Crippen LogP contribution in [-0.4, -0.2) is 27.8 Å². The van der Waals surface area contributed by atoms with Gasteiger partial charge in [-0.3, -0.25) is 9.59 Å². The minimum atomic E-state index is -0.513. The fourth-order valence-electron chi connectivity index (χ4n) is 2.54. The number of primary amides is 1. The van der Waals surface area contributed by atoms with E-state index in [-0.39, 0.29) is 11.7 Å². The molecule has 0 spiro atoms. The van der Waals surface area contributed by atoms with Crippen LogP contribution in [0.25, 0.3) is 0 Å². The molecule has 0 bridgehead atoms. The van der Waals surface area contributed by atoms with Gasteiger partial charge < -0.3 is 16.4 Å². The van der Waals surface area contributed by atoms with Crippen LogP contribution in [0, 0.1) is 13.8 Å². The predicted molar refractivity (Wildman–Crippen MR) is 118 cm³/mol. The van der Waals surface area contributed by atoms with Gasteiger partial charge in [0, 0.05) is 11.3 Å². The van der Waals surface area contributed by atoms with Gasteiger partial charge in [0.1, 0.15) is 0 Å². The van der Waals surface area contributed by atoms with Crippen LogP contribution in [0.1, 0.15) is 21.5 Å². The van der Waals surface area contributed by atoms with Crippen molar-refractivity contribution in [2.75, 3.05) is 16.4 Å². The minimum Gasteiger partial charge on any atom is -0.366 e. The highest BCUT2D eigenvalue weighted by atomic mass is 35.5. The molecule has 0 unspecified atom stereocenters. The Morgan fingerprint density at radius 3 is 2.55 bits per heavy atom. The average molecular weight is 448 g/mol. The lowest BCUT2D eigenvalue weighted by atomic mass is 10.1. The molecule has 3 rings (SSSR count). The highest BCUT2D eigenvalue weighted by molar-refractivity contribution is 8.01. The van der Waals surface area contributed by atoms with Gasteiger partial charge in [-0.1, -0.05) is 40.8 Å². The van der Waals surface area contributed by atoms with Crippen LogP contribution < -0.4 is 16.4 Å². The van der Waals surface area contributed by atoms with Gasteiger partial charge in [0.15, 0.2) is 4.34 Å². The number of hydrogen-bond acceptors (Lipinski definition) is 7. The van der Waals surface area contributed by atoms with Crippen molar-refractivity contribution in [2.45, 2.75) is 18.2 Å². The molecule has 1 aromatic heterocycles. The Morgan fingerprint density at radius 1 is 1.17 bits per heavy atom. The van der Waals surface area contributed by atoms with Crippen molar-refractivity contribution in [3.63, 3.8) is 0 Å². The normalized spacial score (nSPS) is 10.6. The highest BCUT2D eigenvalue weighted by Crippen LogP contribution is 2.33. The number of hydrogen-bond donors (Lipinski definition) is 3. The van der Waals surface area contributed by atoms with E-state index >= 15 is 0 Å². The van der Waals surface area contributed by atoms with Crippen molar-refractivity contribution in [1.82, 2.24) is 10.2 Å². The number of rotatable bonds is 7. The largest absolute Gasteiger partial charge is 0.366 e. The lowest BCUT2D eigenvalue weighted by Gasteiger charge is -2.09. The second kappa shape index (κ2) is 9.25. The quantitative estimate of drug-likeness (QED) is 0.463. The third-order valence-corrected chi connectivity index (χ3v) is 6.12. The molecule has 2 aromatic carbocycles. The molecule has 0 aliphatic heterocycles. The first-order valence-electron chi connectivity index (χ1n) is 8.51. The van der Waals surface area contributed by atoms with Gasteiger partial charge in [0.05, 0.1) is 16.5 Å². The molecule has 0 radical (unpaired) electrons. The molecule has 0 aliphatic rings. The third-order valence-electron chi connectivity index (χ3n) is 3.85. The summed E-state index contributed by atoms with van der Waals surface area (Å²) >= 11 is 8.93. The Morgan fingerprint density at radius 2 is 1.90 bits per heavy atom. The summed E-state index contributed by atoms with van der Waals surface area (Å²) in [6, 6.07) is 10.3. The molecule has 150 valence electrons. The van der Waals surface area contributed by atoms with E-state index in [1.807, 2.05) is 26.0 Å². The van der Waals surface area contributed by atoms with E-state index < -0.39 is 5.91 Å². The second-order valence-electron chi connectivity index (χ2n) is 6.22. The van der Waals surface area contributed by atoms with Gasteiger partial charge >= 0.3 is 0 Å². The minimum absolute atomic E-state index is 0.177. The maximum absolute atomic E-state index is 12.1. The summed E-state index contributed by atoms with van der Waals surface area (Å²) in [7, 11) is 0. The fourth-order valence-corrected chi connectivity index (χ4v) is 4.47. The molecule has 3 aromatic rings. The lowest BCUT2D eigenvalue weighted by Crippen LogP contribution is -2.14. The molecule has 2 amide bonds. The van der Waals surface area contributed by atoms with Crippen molar-refractivity contribution in [3.05, 3.63) is 58.1 Å². The zero-order chi connectivity index (χ0) is 21.0. The van der Waals surface area contributed by atoms with E-state index in [4.69, 9.17) is 17.3 Å². The Kier molecular flexibility index (Phi) is 6.73. The van der Waals surface area contributed by atoms with Gasteiger partial charge in [0.2, 0.25) is 16.9 Å². The van der Waals surface area contributed by atoms with Crippen molar-refractivity contribution in [2.24, 2.45) is 5.73 Å². The van der Waals surface area contributed by atoms with E-state index in [9.17, 15) is 9.59 Å². The van der Waals surface area contributed by atoms with Crippen LogP contribution >= 0.6 is 34.7 Å². The Balaban J connectivity index is 1.55. The number of carbonyl (C=O) groups excluding carboxylic acids is 2. The number of thioether (sulfide) groups is 1. The maximum Gasteiger partial charge on any atom is 0.248 e. The monoisotopic (exact) mass is 447 g/mol. The van der Waals surface area contributed by atoms with Crippen LogP contribution in [0.2, 0.25) is 5.02 Å². The Labute approximate surface area is 181 Å². The molecule has 0 saturated carbocycles. The molecule has 0 saturated heterocycles. The van der Waals surface area contributed by atoms with E-state index in [2.05, 4.69) is 20.8 Å². The SMILES string of the molecule is Cc1cc(C)c(Nc2nnc(SCC(=O)Nc3ccc(C(N)=O)cc3)s2)c(Cl)c1. The molecule has 0 fully saturated rings. The summed E-state index contributed by atoms with van der Waals surface area (Å²) in [6.07, 6.45) is 0. The third kappa shape index (κ3) is 5.69. The Bertz CT molecular complexity index is 1030. The molecule has 29 heavy (non-hydrogen) atoms. The molecule has 10 heteroatoms. The average Bonchev–Trinajstić information content (AvgIpc) is 3.11. The number of nitrogens with two attached hydrogens (primary N) is 1. The van der Waals surface area contributed by atoms with Crippen LogP contribution in [0.3, 0.4) is 0 Å². The molecule has 1 heterocycles. The number of nitrogens with zero attached hydrogens (tertiary/aromatic N) is 2. The highest BCUT2D eigenvalue weighted by Gasteiger charge is 2.12. The summed E-state index contributed by atoms with van der Waals surface area (Å²) < 4.78 is 0.660. The number of aryl methyl sites for hydroxylation is 2. The molecule has 0 aliphatic carbocycles. The van der Waals surface area contributed by atoms with E-state index in [1.54, 1.807) is 24.3 Å². The molecule has 0 atom stereocenters. The molecule has 4 N–H and O–H groups in total. The summed E-state index contributed by atoms with van der Waals surface area (Å²) in [4.78, 5) is 23.2. The van der Waals surface area contributed by atoms with E-state index in [0.29, 0.717) is 25.7 Å². The number of nitrogens with one attached hydrogen (secondary N) is 2. The predicted octanol–water partition coefficient (Wildman–Crippen LogP) is 4.38. The molecular weight excluding hydrogens is 430 g/mol. The first kappa shape index (κ1) is 21.1. The smallest absolute Gasteiger partial charge is 0.248 e. The fraction of sp³-hybridized carbons (Fsp3) is 0.158. The van der Waals surface area contributed by atoms with Crippen LogP contribution in [-0.2, 0) is 4.79 Å². The van der Waals surface area contributed by atoms with Gasteiger partial charge in [-0.2, -0.15) is 0 Å². The summed E-state index contributed by atoms with van der Waals surface area (Å²) in [5.74, 6) is -0.526. The number of anilines is 3. The van der Waals surface area contributed by atoms with Crippen molar-refractivity contribution in [3.8, 4) is 0 Å². The van der Waals surface area contributed by atoms with Gasteiger partial charge in [-0.25, -0.2) is 0 Å².